The molecule has 5 nitrogen and oxygen atoms in total. The molecule has 0 spiro atoms. The van der Waals surface area contributed by atoms with Crippen LogP contribution in [0.5, 0.6) is 5.75 Å². The number of thiazole rings is 1. The van der Waals surface area contributed by atoms with E-state index in [0.717, 1.165) is 17.7 Å². The lowest BCUT2D eigenvalue weighted by molar-refractivity contribution is -0.112. The Hall–Kier alpha value is -3.43. The molecule has 6 heteroatoms. The first-order valence-electron chi connectivity index (χ1n) is 9.33. The summed E-state index contributed by atoms with van der Waals surface area (Å²) in [4.78, 5) is 17.9. The molecule has 0 aliphatic heterocycles. The lowest BCUT2D eigenvalue weighted by Gasteiger charge is -2.08. The molecule has 1 amide bonds. The van der Waals surface area contributed by atoms with Gasteiger partial charge in [-0.1, -0.05) is 55.5 Å². The fraction of sp³-hybridized carbons (Fsp3) is 0.174. The molecule has 1 N–H and O–H groups in total. The molecule has 3 aromatic rings. The third-order valence-electron chi connectivity index (χ3n) is 4.04. The van der Waals surface area contributed by atoms with Crippen LogP contribution in [0.3, 0.4) is 0 Å². The summed E-state index contributed by atoms with van der Waals surface area (Å²) in [7, 11) is 0. The Morgan fingerprint density at radius 3 is 2.72 bits per heavy atom. The smallest absolute Gasteiger partial charge is 0.268 e. The fourth-order valence-electron chi connectivity index (χ4n) is 2.66. The van der Waals surface area contributed by atoms with Crippen LogP contribution in [0.1, 0.15) is 29.3 Å². The molecule has 0 aliphatic carbocycles. The number of para-hydroxylation sites is 1. The summed E-state index contributed by atoms with van der Waals surface area (Å²) in [6.07, 6.45) is 4.91. The van der Waals surface area contributed by atoms with E-state index in [1.54, 1.807) is 12.3 Å². The van der Waals surface area contributed by atoms with E-state index in [0.29, 0.717) is 23.1 Å². The number of nitrogens with one attached hydrogen (secondary N) is 1. The third-order valence-corrected chi connectivity index (χ3v) is 4.95. The Morgan fingerprint density at radius 1 is 1.21 bits per heavy atom. The summed E-state index contributed by atoms with van der Waals surface area (Å²) < 4.78 is 5.69. The van der Waals surface area contributed by atoms with Gasteiger partial charge in [-0.2, -0.15) is 5.26 Å². The van der Waals surface area contributed by atoms with Crippen LogP contribution in [0.15, 0.2) is 66.4 Å². The van der Waals surface area contributed by atoms with Crippen molar-refractivity contribution in [1.29, 1.82) is 5.26 Å². The lowest BCUT2D eigenvalue weighted by Crippen LogP contribution is -2.13. The van der Waals surface area contributed by atoms with Gasteiger partial charge in [-0.3, -0.25) is 10.1 Å². The molecule has 146 valence electrons. The average molecular weight is 404 g/mol. The van der Waals surface area contributed by atoms with E-state index >= 15 is 0 Å². The molecule has 1 heterocycles. The maximum atomic E-state index is 12.6. The van der Waals surface area contributed by atoms with Crippen LogP contribution >= 0.6 is 11.3 Å². The zero-order chi connectivity index (χ0) is 20.5. The Morgan fingerprint density at radius 2 is 1.97 bits per heavy atom. The molecule has 0 unspecified atom stereocenters. The maximum absolute atomic E-state index is 12.6. The van der Waals surface area contributed by atoms with Crippen LogP contribution < -0.4 is 10.1 Å². The van der Waals surface area contributed by atoms with Gasteiger partial charge in [0, 0.05) is 23.1 Å². The number of nitrogens with zero attached hydrogens (tertiary/aromatic N) is 2. The molecule has 0 aliphatic rings. The molecule has 29 heavy (non-hydrogen) atoms. The highest BCUT2D eigenvalue weighted by atomic mass is 32.1. The fourth-order valence-corrected chi connectivity index (χ4v) is 3.50. The first-order chi connectivity index (χ1) is 14.2. The monoisotopic (exact) mass is 403 g/mol. The number of anilines is 1. The predicted molar refractivity (Wildman–Crippen MR) is 116 cm³/mol. The van der Waals surface area contributed by atoms with Gasteiger partial charge in [-0.15, -0.1) is 11.3 Å². The van der Waals surface area contributed by atoms with Gasteiger partial charge >= 0.3 is 0 Å². The molecule has 0 fully saturated rings. The molecule has 0 saturated carbocycles. The Balaban J connectivity index is 1.71. The second-order valence-corrected chi connectivity index (χ2v) is 7.42. The molecular formula is C23H21N3O2S. The summed E-state index contributed by atoms with van der Waals surface area (Å²) >= 11 is 1.40. The van der Waals surface area contributed by atoms with E-state index in [1.807, 2.05) is 67.6 Å². The van der Waals surface area contributed by atoms with Crippen molar-refractivity contribution in [2.45, 2.75) is 19.8 Å². The van der Waals surface area contributed by atoms with Crippen LogP contribution in [-0.2, 0) is 11.2 Å². The van der Waals surface area contributed by atoms with Crippen LogP contribution in [0.2, 0.25) is 0 Å². The number of amides is 1. The highest BCUT2D eigenvalue weighted by molar-refractivity contribution is 7.15. The van der Waals surface area contributed by atoms with Crippen molar-refractivity contribution in [3.8, 4) is 11.8 Å². The van der Waals surface area contributed by atoms with Gasteiger partial charge in [-0.05, 0) is 24.1 Å². The second-order valence-electron chi connectivity index (χ2n) is 6.30. The molecule has 0 saturated heterocycles. The number of rotatable bonds is 8. The second kappa shape index (κ2) is 10.2. The van der Waals surface area contributed by atoms with Crippen molar-refractivity contribution < 1.29 is 9.53 Å². The van der Waals surface area contributed by atoms with Crippen molar-refractivity contribution in [2.75, 3.05) is 11.9 Å². The number of hydrogen-bond donors (Lipinski definition) is 1. The van der Waals surface area contributed by atoms with Crippen LogP contribution in [0.4, 0.5) is 5.13 Å². The van der Waals surface area contributed by atoms with Gasteiger partial charge in [0.2, 0.25) is 0 Å². The van der Waals surface area contributed by atoms with E-state index in [-0.39, 0.29) is 5.57 Å². The van der Waals surface area contributed by atoms with Gasteiger partial charge in [0.1, 0.15) is 17.4 Å². The van der Waals surface area contributed by atoms with Gasteiger partial charge in [-0.25, -0.2) is 4.98 Å². The van der Waals surface area contributed by atoms with E-state index in [9.17, 15) is 10.1 Å². The molecule has 0 bridgehead atoms. The van der Waals surface area contributed by atoms with Gasteiger partial charge in [0.05, 0.1) is 6.61 Å². The number of nitriles is 1. The Kier molecular flexibility index (Phi) is 7.15. The summed E-state index contributed by atoms with van der Waals surface area (Å²) in [6.45, 7) is 2.59. The van der Waals surface area contributed by atoms with Crippen molar-refractivity contribution >= 4 is 28.5 Å². The van der Waals surface area contributed by atoms with Gasteiger partial charge in [0.15, 0.2) is 5.13 Å². The van der Waals surface area contributed by atoms with Crippen molar-refractivity contribution in [1.82, 2.24) is 4.98 Å². The van der Waals surface area contributed by atoms with E-state index in [4.69, 9.17) is 4.74 Å². The predicted octanol–water partition coefficient (Wildman–Crippen LogP) is 5.07. The third kappa shape index (κ3) is 5.77. The summed E-state index contributed by atoms with van der Waals surface area (Å²) in [5, 5.41) is 12.7. The summed E-state index contributed by atoms with van der Waals surface area (Å²) in [5.41, 5.74) is 1.87. The average Bonchev–Trinajstić information content (AvgIpc) is 3.18. The van der Waals surface area contributed by atoms with Crippen molar-refractivity contribution in [2.24, 2.45) is 0 Å². The first-order valence-corrected chi connectivity index (χ1v) is 10.1. The molecule has 1 aromatic heterocycles. The Labute approximate surface area is 174 Å². The lowest BCUT2D eigenvalue weighted by atomic mass is 10.1. The topological polar surface area (TPSA) is 75.0 Å². The molecule has 0 atom stereocenters. The van der Waals surface area contributed by atoms with E-state index < -0.39 is 5.91 Å². The van der Waals surface area contributed by atoms with Crippen LogP contribution in [0.25, 0.3) is 6.08 Å². The van der Waals surface area contributed by atoms with Gasteiger partial charge in [0.25, 0.3) is 5.91 Å². The number of aromatic nitrogens is 1. The standard InChI is InChI=1S/C23H21N3O2S/c1-2-12-28-21-11-7-6-10-18(21)14-19(15-24)22(27)26-23-25-16-20(29-23)13-17-8-4-3-5-9-17/h3-11,14,16H,2,12-13H2,1H3,(H,25,26,27). The minimum atomic E-state index is -0.488. The van der Waals surface area contributed by atoms with Gasteiger partial charge < -0.3 is 4.74 Å². The Bertz CT molecular complexity index is 1040. The molecule has 2 aromatic carbocycles. The summed E-state index contributed by atoms with van der Waals surface area (Å²) in [5.74, 6) is 0.160. The first kappa shape index (κ1) is 20.3. The SMILES string of the molecule is CCCOc1ccccc1C=C(C#N)C(=O)Nc1ncc(Cc2ccccc2)s1. The zero-order valence-corrected chi connectivity index (χ0v) is 16.9. The largest absolute Gasteiger partial charge is 0.493 e. The number of carbonyl (C=O) groups excluding carboxylic acids is 1. The minimum Gasteiger partial charge on any atom is -0.493 e. The highest BCUT2D eigenvalue weighted by Gasteiger charge is 2.13. The number of hydrogen-bond acceptors (Lipinski definition) is 5. The van der Waals surface area contributed by atoms with E-state index in [1.165, 1.54) is 16.9 Å². The zero-order valence-electron chi connectivity index (χ0n) is 16.1. The minimum absolute atomic E-state index is 0.00245. The maximum Gasteiger partial charge on any atom is 0.268 e. The van der Waals surface area contributed by atoms with Crippen LogP contribution in [-0.4, -0.2) is 17.5 Å². The quantitative estimate of drug-likeness (QED) is 0.421. The normalized spacial score (nSPS) is 11.0. The van der Waals surface area contributed by atoms with E-state index in [2.05, 4.69) is 10.3 Å². The summed E-state index contributed by atoms with van der Waals surface area (Å²) in [6, 6.07) is 19.4. The highest BCUT2D eigenvalue weighted by Crippen LogP contribution is 2.24. The molecule has 0 radical (unpaired) electrons. The molecule has 3 rings (SSSR count). The van der Waals surface area contributed by atoms with Crippen molar-refractivity contribution in [3.05, 3.63) is 82.4 Å². The number of ether oxygens (including phenoxy) is 1. The van der Waals surface area contributed by atoms with Crippen molar-refractivity contribution in [3.63, 3.8) is 0 Å². The number of carbonyl (C=O) groups is 1. The number of benzene rings is 2. The molecular weight excluding hydrogens is 382 g/mol. The van der Waals surface area contributed by atoms with Crippen LogP contribution in [0, 0.1) is 11.3 Å².